The molecule has 0 unspecified atom stereocenters. The van der Waals surface area contributed by atoms with Gasteiger partial charge in [-0.3, -0.25) is 4.68 Å². The van der Waals surface area contributed by atoms with Crippen LogP contribution in [0.2, 0.25) is 0 Å². The van der Waals surface area contributed by atoms with Gasteiger partial charge in [0.1, 0.15) is 0 Å². The molecule has 1 aromatic rings. The van der Waals surface area contributed by atoms with Crippen molar-refractivity contribution in [1.29, 1.82) is 0 Å². The van der Waals surface area contributed by atoms with Gasteiger partial charge in [0.2, 0.25) is 0 Å². The first kappa shape index (κ1) is 17.2. The summed E-state index contributed by atoms with van der Waals surface area (Å²) < 4.78 is 7.63. The molecule has 0 aliphatic heterocycles. The molecular formula is C16H31N3O. The van der Waals surface area contributed by atoms with Crippen LogP contribution in [0.4, 0.5) is 0 Å². The molecule has 0 aromatic carbocycles. The Morgan fingerprint density at radius 3 is 2.65 bits per heavy atom. The topological polar surface area (TPSA) is 39.1 Å². The fourth-order valence-electron chi connectivity index (χ4n) is 2.20. The van der Waals surface area contributed by atoms with Gasteiger partial charge in [-0.15, -0.1) is 0 Å². The summed E-state index contributed by atoms with van der Waals surface area (Å²) in [6.45, 7) is 10.2. The van der Waals surface area contributed by atoms with E-state index in [1.165, 1.54) is 12.8 Å². The van der Waals surface area contributed by atoms with Gasteiger partial charge in [0, 0.05) is 26.0 Å². The molecule has 116 valence electrons. The summed E-state index contributed by atoms with van der Waals surface area (Å²) in [7, 11) is 0. The Kier molecular flexibility index (Phi) is 9.33. The molecule has 20 heavy (non-hydrogen) atoms. The van der Waals surface area contributed by atoms with E-state index in [0.717, 1.165) is 51.3 Å². The van der Waals surface area contributed by atoms with Crippen molar-refractivity contribution in [3.63, 3.8) is 0 Å². The van der Waals surface area contributed by atoms with Crippen LogP contribution < -0.4 is 5.32 Å². The summed E-state index contributed by atoms with van der Waals surface area (Å²) in [6, 6.07) is 2.65. The summed E-state index contributed by atoms with van der Waals surface area (Å²) in [5.74, 6) is 0. The molecule has 0 aliphatic carbocycles. The number of ether oxygens (including phenoxy) is 1. The zero-order valence-corrected chi connectivity index (χ0v) is 13.4. The van der Waals surface area contributed by atoms with Crippen LogP contribution in [0.3, 0.4) is 0 Å². The fraction of sp³-hybridized carbons (Fsp3) is 0.812. The maximum absolute atomic E-state index is 5.53. The number of nitrogens with one attached hydrogen (secondary N) is 1. The zero-order valence-electron chi connectivity index (χ0n) is 13.4. The molecule has 0 radical (unpaired) electrons. The Labute approximate surface area is 123 Å². The maximum Gasteiger partial charge on any atom is 0.0762 e. The minimum Gasteiger partial charge on any atom is -0.381 e. The second-order valence-electron chi connectivity index (χ2n) is 5.25. The van der Waals surface area contributed by atoms with E-state index in [9.17, 15) is 0 Å². The van der Waals surface area contributed by atoms with Crippen molar-refractivity contribution in [2.24, 2.45) is 0 Å². The van der Waals surface area contributed by atoms with Crippen LogP contribution >= 0.6 is 0 Å². The average molecular weight is 281 g/mol. The third-order valence-electron chi connectivity index (χ3n) is 3.57. The highest BCUT2D eigenvalue weighted by molar-refractivity contribution is 4.99. The van der Waals surface area contributed by atoms with Crippen LogP contribution in [0, 0.1) is 0 Å². The van der Waals surface area contributed by atoms with Crippen LogP contribution in [-0.2, 0) is 11.3 Å². The Balaban J connectivity index is 2.10. The number of rotatable bonds is 12. The van der Waals surface area contributed by atoms with Crippen molar-refractivity contribution in [3.05, 3.63) is 18.0 Å². The normalized spacial score (nSPS) is 11.4. The van der Waals surface area contributed by atoms with Gasteiger partial charge in [0.05, 0.1) is 11.7 Å². The summed E-state index contributed by atoms with van der Waals surface area (Å²) >= 11 is 0. The fourth-order valence-corrected chi connectivity index (χ4v) is 2.20. The smallest absolute Gasteiger partial charge is 0.0762 e. The second kappa shape index (κ2) is 10.9. The first-order valence-electron chi connectivity index (χ1n) is 8.14. The van der Waals surface area contributed by atoms with Crippen molar-refractivity contribution < 1.29 is 4.74 Å². The van der Waals surface area contributed by atoms with Crippen LogP contribution in [-0.4, -0.2) is 29.5 Å². The average Bonchev–Trinajstić information content (AvgIpc) is 2.92. The lowest BCUT2D eigenvalue weighted by Crippen LogP contribution is -2.17. The minimum absolute atomic E-state index is 0.538. The van der Waals surface area contributed by atoms with Gasteiger partial charge < -0.3 is 10.1 Å². The van der Waals surface area contributed by atoms with Gasteiger partial charge in [-0.2, -0.15) is 5.10 Å². The number of hydrogen-bond acceptors (Lipinski definition) is 3. The number of hydrogen-bond donors (Lipinski definition) is 1. The summed E-state index contributed by atoms with van der Waals surface area (Å²) in [4.78, 5) is 0. The highest BCUT2D eigenvalue weighted by Gasteiger charge is 2.07. The number of unbranched alkanes of at least 4 members (excludes halogenated alkanes) is 1. The molecule has 0 fully saturated rings. The Morgan fingerprint density at radius 2 is 1.95 bits per heavy atom. The Hall–Kier alpha value is -0.870. The molecule has 1 rings (SSSR count). The molecule has 4 heteroatoms. The Bertz CT molecular complexity index is 334. The molecule has 0 spiro atoms. The van der Waals surface area contributed by atoms with Gasteiger partial charge in [-0.05, 0) is 38.3 Å². The van der Waals surface area contributed by atoms with E-state index in [1.807, 2.05) is 0 Å². The summed E-state index contributed by atoms with van der Waals surface area (Å²) in [5.41, 5.74) is 1.13. The Morgan fingerprint density at radius 1 is 1.20 bits per heavy atom. The molecule has 0 bridgehead atoms. The van der Waals surface area contributed by atoms with E-state index in [4.69, 9.17) is 4.74 Å². The van der Waals surface area contributed by atoms with Crippen LogP contribution in [0.5, 0.6) is 0 Å². The summed E-state index contributed by atoms with van der Waals surface area (Å²) in [5, 5.41) is 8.06. The van der Waals surface area contributed by atoms with Crippen molar-refractivity contribution in [3.8, 4) is 0 Å². The van der Waals surface area contributed by atoms with E-state index >= 15 is 0 Å². The first-order valence-corrected chi connectivity index (χ1v) is 8.14. The quantitative estimate of drug-likeness (QED) is 0.596. The molecule has 0 aliphatic rings. The van der Waals surface area contributed by atoms with Crippen molar-refractivity contribution in [1.82, 2.24) is 15.1 Å². The van der Waals surface area contributed by atoms with Crippen LogP contribution in [0.25, 0.3) is 0 Å². The van der Waals surface area contributed by atoms with Gasteiger partial charge in [-0.25, -0.2) is 0 Å². The standard InChI is InChI=1S/C16H31N3O/c1-4-7-12-20-13-8-10-17-14-15-9-11-19(18-15)16(5-2)6-3/h9,11,16-17H,4-8,10,12-14H2,1-3H3. The van der Waals surface area contributed by atoms with E-state index in [0.29, 0.717) is 6.04 Å². The SMILES string of the molecule is CCCCOCCCNCc1ccn(C(CC)CC)n1. The first-order chi connectivity index (χ1) is 9.81. The van der Waals surface area contributed by atoms with Gasteiger partial charge in [0.25, 0.3) is 0 Å². The van der Waals surface area contributed by atoms with Gasteiger partial charge >= 0.3 is 0 Å². The van der Waals surface area contributed by atoms with Crippen molar-refractivity contribution in [2.75, 3.05) is 19.8 Å². The molecule has 0 amide bonds. The minimum atomic E-state index is 0.538. The molecule has 1 aromatic heterocycles. The number of nitrogens with zero attached hydrogens (tertiary/aromatic N) is 2. The highest BCUT2D eigenvalue weighted by Crippen LogP contribution is 2.14. The second-order valence-corrected chi connectivity index (χ2v) is 5.25. The molecule has 4 nitrogen and oxygen atoms in total. The largest absolute Gasteiger partial charge is 0.381 e. The maximum atomic E-state index is 5.53. The zero-order chi connectivity index (χ0) is 14.6. The highest BCUT2D eigenvalue weighted by atomic mass is 16.5. The van der Waals surface area contributed by atoms with Crippen LogP contribution in [0.1, 0.15) is 64.6 Å². The monoisotopic (exact) mass is 281 g/mol. The lowest BCUT2D eigenvalue weighted by Gasteiger charge is -2.12. The van der Waals surface area contributed by atoms with Gasteiger partial charge in [0.15, 0.2) is 0 Å². The van der Waals surface area contributed by atoms with E-state index in [1.54, 1.807) is 0 Å². The van der Waals surface area contributed by atoms with E-state index in [-0.39, 0.29) is 0 Å². The lowest BCUT2D eigenvalue weighted by molar-refractivity contribution is 0.128. The van der Waals surface area contributed by atoms with Crippen LogP contribution in [0.15, 0.2) is 12.3 Å². The third-order valence-corrected chi connectivity index (χ3v) is 3.57. The van der Waals surface area contributed by atoms with Crippen molar-refractivity contribution >= 4 is 0 Å². The van der Waals surface area contributed by atoms with Crippen molar-refractivity contribution in [2.45, 2.75) is 65.5 Å². The summed E-state index contributed by atoms with van der Waals surface area (Å²) in [6.07, 6.45) is 7.82. The third kappa shape index (κ3) is 6.53. The lowest BCUT2D eigenvalue weighted by atomic mass is 10.2. The molecule has 1 N–H and O–H groups in total. The molecule has 1 heterocycles. The molecule has 0 atom stereocenters. The van der Waals surface area contributed by atoms with Gasteiger partial charge in [-0.1, -0.05) is 27.2 Å². The molecule has 0 saturated carbocycles. The predicted octanol–water partition coefficient (Wildman–Crippen LogP) is 3.54. The predicted molar refractivity (Wildman–Crippen MR) is 83.9 cm³/mol. The van der Waals surface area contributed by atoms with E-state index in [2.05, 4.69) is 48.1 Å². The number of aromatic nitrogens is 2. The molecular weight excluding hydrogens is 250 g/mol. The van der Waals surface area contributed by atoms with E-state index < -0.39 is 0 Å². The molecule has 0 saturated heterocycles.